The smallest absolute Gasteiger partial charge is 0.208 e. The van der Waals surface area contributed by atoms with E-state index in [-0.39, 0.29) is 0 Å². The molecule has 1 N–H and O–H groups in total. The van der Waals surface area contributed by atoms with E-state index >= 15 is 0 Å². The van der Waals surface area contributed by atoms with Gasteiger partial charge < -0.3 is 9.73 Å². The number of thiophene rings is 1. The highest BCUT2D eigenvalue weighted by Crippen LogP contribution is 2.33. The third kappa shape index (κ3) is 1.82. The second kappa shape index (κ2) is 4.13. The van der Waals surface area contributed by atoms with Crippen molar-refractivity contribution in [2.75, 3.05) is 7.05 Å². The summed E-state index contributed by atoms with van der Waals surface area (Å²) in [4.78, 5) is 5.05. The summed E-state index contributed by atoms with van der Waals surface area (Å²) in [6.45, 7) is 0.628. The molecular weight excluding hydrogens is 220 g/mol. The Morgan fingerprint density at radius 1 is 1.64 bits per heavy atom. The zero-order valence-electron chi connectivity index (χ0n) is 7.58. The fraction of sp³-hybridized carbons (Fsp3) is 0.222. The third-order valence-electron chi connectivity index (χ3n) is 1.72. The maximum atomic E-state index is 5.97. The van der Waals surface area contributed by atoms with Gasteiger partial charge in [-0.1, -0.05) is 11.6 Å². The summed E-state index contributed by atoms with van der Waals surface area (Å²) in [5.41, 5.74) is 0. The molecule has 0 bridgehead atoms. The summed E-state index contributed by atoms with van der Waals surface area (Å²) in [5.74, 6) is 1.40. The monoisotopic (exact) mass is 228 g/mol. The lowest BCUT2D eigenvalue weighted by atomic mass is 10.4. The SMILES string of the molecule is CNCc1ncc(-c2sccc2Cl)o1. The van der Waals surface area contributed by atoms with Crippen molar-refractivity contribution in [3.8, 4) is 10.6 Å². The summed E-state index contributed by atoms with van der Waals surface area (Å²) < 4.78 is 5.50. The first-order valence-corrected chi connectivity index (χ1v) is 5.39. The van der Waals surface area contributed by atoms with Gasteiger partial charge in [-0.2, -0.15) is 0 Å². The van der Waals surface area contributed by atoms with Crippen molar-refractivity contribution in [3.05, 3.63) is 28.6 Å². The first-order chi connectivity index (χ1) is 6.81. The molecule has 0 aliphatic heterocycles. The van der Waals surface area contributed by atoms with Crippen molar-refractivity contribution in [1.29, 1.82) is 0 Å². The lowest BCUT2D eigenvalue weighted by Gasteiger charge is -1.92. The highest BCUT2D eigenvalue weighted by molar-refractivity contribution is 7.14. The average Bonchev–Trinajstić information content (AvgIpc) is 2.74. The number of hydrogen-bond donors (Lipinski definition) is 1. The van der Waals surface area contributed by atoms with Crippen molar-refractivity contribution < 1.29 is 4.42 Å². The van der Waals surface area contributed by atoms with E-state index in [9.17, 15) is 0 Å². The first-order valence-electron chi connectivity index (χ1n) is 4.14. The predicted molar refractivity (Wildman–Crippen MR) is 57.6 cm³/mol. The molecule has 74 valence electrons. The molecule has 0 saturated heterocycles. The van der Waals surface area contributed by atoms with Crippen molar-refractivity contribution in [2.24, 2.45) is 0 Å². The number of halogens is 1. The molecule has 0 unspecified atom stereocenters. The molecule has 0 spiro atoms. The zero-order valence-corrected chi connectivity index (χ0v) is 9.15. The van der Waals surface area contributed by atoms with E-state index in [0.29, 0.717) is 17.5 Å². The highest BCUT2D eigenvalue weighted by atomic mass is 35.5. The van der Waals surface area contributed by atoms with Gasteiger partial charge in [-0.05, 0) is 18.5 Å². The molecule has 2 aromatic heterocycles. The minimum Gasteiger partial charge on any atom is -0.438 e. The summed E-state index contributed by atoms with van der Waals surface area (Å²) in [6.07, 6.45) is 1.70. The molecule has 0 aromatic carbocycles. The molecule has 0 aliphatic carbocycles. The van der Waals surface area contributed by atoms with Crippen molar-refractivity contribution in [1.82, 2.24) is 10.3 Å². The minimum absolute atomic E-state index is 0.628. The summed E-state index contributed by atoms with van der Waals surface area (Å²) in [6, 6.07) is 1.85. The largest absolute Gasteiger partial charge is 0.438 e. The van der Waals surface area contributed by atoms with Crippen LogP contribution in [0, 0.1) is 0 Å². The molecule has 14 heavy (non-hydrogen) atoms. The lowest BCUT2D eigenvalue weighted by molar-refractivity contribution is 0.492. The average molecular weight is 229 g/mol. The number of rotatable bonds is 3. The van der Waals surface area contributed by atoms with Gasteiger partial charge in [0.15, 0.2) is 5.76 Å². The molecule has 3 nitrogen and oxygen atoms in total. The van der Waals surface area contributed by atoms with E-state index in [1.807, 2.05) is 18.5 Å². The molecule has 2 rings (SSSR count). The Kier molecular flexibility index (Phi) is 2.86. The fourth-order valence-corrected chi connectivity index (χ4v) is 2.21. The summed E-state index contributed by atoms with van der Waals surface area (Å²) >= 11 is 7.52. The van der Waals surface area contributed by atoms with Gasteiger partial charge >= 0.3 is 0 Å². The maximum Gasteiger partial charge on any atom is 0.208 e. The van der Waals surface area contributed by atoms with Crippen molar-refractivity contribution in [3.63, 3.8) is 0 Å². The van der Waals surface area contributed by atoms with E-state index in [4.69, 9.17) is 16.0 Å². The first kappa shape index (κ1) is 9.71. The quantitative estimate of drug-likeness (QED) is 0.878. The van der Waals surface area contributed by atoms with Gasteiger partial charge in [0.1, 0.15) is 0 Å². The number of nitrogens with one attached hydrogen (secondary N) is 1. The number of oxazole rings is 1. The molecule has 0 atom stereocenters. The molecule has 2 heterocycles. The molecular formula is C9H9ClN2OS. The van der Waals surface area contributed by atoms with Gasteiger partial charge in [-0.25, -0.2) is 4.98 Å². The van der Waals surface area contributed by atoms with E-state index in [0.717, 1.165) is 10.6 Å². The van der Waals surface area contributed by atoms with Crippen LogP contribution in [0.1, 0.15) is 5.89 Å². The van der Waals surface area contributed by atoms with E-state index in [1.165, 1.54) is 0 Å². The van der Waals surface area contributed by atoms with Crippen LogP contribution in [0.15, 0.2) is 22.1 Å². The number of hydrogen-bond acceptors (Lipinski definition) is 4. The Morgan fingerprint density at radius 2 is 2.50 bits per heavy atom. The molecule has 0 saturated carbocycles. The van der Waals surface area contributed by atoms with Crippen LogP contribution >= 0.6 is 22.9 Å². The van der Waals surface area contributed by atoms with Crippen LogP contribution in [-0.2, 0) is 6.54 Å². The molecule has 0 fully saturated rings. The number of aromatic nitrogens is 1. The molecule has 0 aliphatic rings. The van der Waals surface area contributed by atoms with Gasteiger partial charge in [0.25, 0.3) is 0 Å². The third-order valence-corrected chi connectivity index (χ3v) is 3.08. The van der Waals surface area contributed by atoms with Gasteiger partial charge in [-0.15, -0.1) is 11.3 Å². The second-order valence-electron chi connectivity index (χ2n) is 2.75. The van der Waals surface area contributed by atoms with Crippen LogP contribution in [0.25, 0.3) is 10.6 Å². The Labute approximate surface area is 90.7 Å². The van der Waals surface area contributed by atoms with Gasteiger partial charge in [0.05, 0.1) is 22.6 Å². The summed E-state index contributed by atoms with van der Waals surface area (Å²) in [7, 11) is 1.85. The van der Waals surface area contributed by atoms with E-state index < -0.39 is 0 Å². The normalized spacial score (nSPS) is 10.7. The lowest BCUT2D eigenvalue weighted by Crippen LogP contribution is -2.04. The second-order valence-corrected chi connectivity index (χ2v) is 4.07. The van der Waals surface area contributed by atoms with Crippen LogP contribution in [0.5, 0.6) is 0 Å². The molecule has 5 heteroatoms. The van der Waals surface area contributed by atoms with Crippen LogP contribution < -0.4 is 5.32 Å². The van der Waals surface area contributed by atoms with E-state index in [2.05, 4.69) is 10.3 Å². The Bertz CT molecular complexity index is 424. The van der Waals surface area contributed by atoms with Crippen LogP contribution in [-0.4, -0.2) is 12.0 Å². The molecule has 0 amide bonds. The standard InChI is InChI=1S/C9H9ClN2OS/c1-11-5-8-12-4-7(13-8)9-6(10)2-3-14-9/h2-4,11H,5H2,1H3. The summed E-state index contributed by atoms with van der Waals surface area (Å²) in [5, 5.41) is 5.61. The Balaban J connectivity index is 2.29. The Morgan fingerprint density at radius 3 is 3.14 bits per heavy atom. The fourth-order valence-electron chi connectivity index (χ4n) is 1.12. The van der Waals surface area contributed by atoms with Crippen LogP contribution in [0.2, 0.25) is 5.02 Å². The Hall–Kier alpha value is -0.840. The zero-order chi connectivity index (χ0) is 9.97. The topological polar surface area (TPSA) is 38.1 Å². The van der Waals surface area contributed by atoms with Gasteiger partial charge in [0.2, 0.25) is 5.89 Å². The maximum absolute atomic E-state index is 5.97. The highest BCUT2D eigenvalue weighted by Gasteiger charge is 2.10. The van der Waals surface area contributed by atoms with Crippen LogP contribution in [0.4, 0.5) is 0 Å². The van der Waals surface area contributed by atoms with Gasteiger partial charge in [0, 0.05) is 0 Å². The number of nitrogens with zero attached hydrogens (tertiary/aromatic N) is 1. The minimum atomic E-state index is 0.628. The van der Waals surface area contributed by atoms with Gasteiger partial charge in [-0.3, -0.25) is 0 Å². The predicted octanol–water partition coefficient (Wildman–Crippen LogP) is 2.78. The van der Waals surface area contributed by atoms with E-state index in [1.54, 1.807) is 17.5 Å². The van der Waals surface area contributed by atoms with Crippen molar-refractivity contribution >= 4 is 22.9 Å². The molecule has 0 radical (unpaired) electrons. The molecule has 2 aromatic rings. The van der Waals surface area contributed by atoms with Crippen molar-refractivity contribution in [2.45, 2.75) is 6.54 Å². The van der Waals surface area contributed by atoms with Crippen LogP contribution in [0.3, 0.4) is 0 Å².